The number of rotatable bonds is 3. The Morgan fingerprint density at radius 1 is 1.36 bits per heavy atom. The number of benzene rings is 1. The van der Waals surface area contributed by atoms with Crippen LogP contribution in [0.2, 0.25) is 0 Å². The van der Waals surface area contributed by atoms with Crippen LogP contribution in [-0.2, 0) is 13.0 Å². The largest absolute Gasteiger partial charge is 0.497 e. The summed E-state index contributed by atoms with van der Waals surface area (Å²) in [7, 11) is 1.63. The van der Waals surface area contributed by atoms with Crippen molar-refractivity contribution >= 4 is 5.91 Å². The lowest BCUT2D eigenvalue weighted by Gasteiger charge is -2.24. The van der Waals surface area contributed by atoms with Crippen molar-refractivity contribution in [1.29, 1.82) is 0 Å². The standard InChI is InChI=1S/C19H23N3O3/c1-25-15-6-4-5-13(9-15)17-10-14(23)11-22(17)19(24)16-12-21-8-3-2-7-18(21)20-16/h4-6,9,12,14,17,23H,2-3,7-8,10-11H2,1H3/t14-,17+/m0/s1. The summed E-state index contributed by atoms with van der Waals surface area (Å²) < 4.78 is 7.38. The summed E-state index contributed by atoms with van der Waals surface area (Å²) >= 11 is 0. The molecule has 1 saturated heterocycles. The minimum atomic E-state index is -0.516. The number of fused-ring (bicyclic) bond motifs is 1. The third-order valence-electron chi connectivity index (χ3n) is 5.15. The van der Waals surface area contributed by atoms with Crippen molar-refractivity contribution in [3.8, 4) is 5.75 Å². The fourth-order valence-corrected chi connectivity index (χ4v) is 3.87. The van der Waals surface area contributed by atoms with Gasteiger partial charge in [0.05, 0.1) is 19.3 Å². The van der Waals surface area contributed by atoms with Gasteiger partial charge in [0.15, 0.2) is 0 Å². The van der Waals surface area contributed by atoms with Gasteiger partial charge in [-0.2, -0.15) is 0 Å². The highest BCUT2D eigenvalue weighted by molar-refractivity contribution is 5.92. The van der Waals surface area contributed by atoms with Gasteiger partial charge >= 0.3 is 0 Å². The minimum Gasteiger partial charge on any atom is -0.497 e. The third-order valence-corrected chi connectivity index (χ3v) is 5.15. The molecular formula is C19H23N3O3. The Morgan fingerprint density at radius 2 is 2.24 bits per heavy atom. The Hall–Kier alpha value is -2.34. The molecule has 25 heavy (non-hydrogen) atoms. The molecule has 0 unspecified atom stereocenters. The van der Waals surface area contributed by atoms with Crippen LogP contribution >= 0.6 is 0 Å². The van der Waals surface area contributed by atoms with Gasteiger partial charge in [0, 0.05) is 25.7 Å². The number of aryl methyl sites for hydroxylation is 2. The second kappa shape index (κ2) is 6.52. The first kappa shape index (κ1) is 16.1. The van der Waals surface area contributed by atoms with E-state index >= 15 is 0 Å². The van der Waals surface area contributed by atoms with Crippen LogP contribution in [0.5, 0.6) is 5.75 Å². The first-order valence-electron chi connectivity index (χ1n) is 8.84. The zero-order valence-corrected chi connectivity index (χ0v) is 14.4. The number of carbonyl (C=O) groups is 1. The number of hydrogen-bond acceptors (Lipinski definition) is 4. The number of aliphatic hydroxyl groups is 1. The van der Waals surface area contributed by atoms with Crippen LogP contribution in [0.25, 0.3) is 0 Å². The van der Waals surface area contributed by atoms with Gasteiger partial charge < -0.3 is 19.3 Å². The molecule has 2 aromatic rings. The summed E-state index contributed by atoms with van der Waals surface area (Å²) in [4.78, 5) is 19.3. The number of carbonyl (C=O) groups excluding carboxylic acids is 1. The molecule has 4 rings (SSSR count). The van der Waals surface area contributed by atoms with Crippen molar-refractivity contribution < 1.29 is 14.6 Å². The molecule has 0 spiro atoms. The van der Waals surface area contributed by atoms with Crippen molar-refractivity contribution in [3.05, 3.63) is 47.5 Å². The average Bonchev–Trinajstić information content (AvgIpc) is 3.24. The Bertz CT molecular complexity index is 762. The Labute approximate surface area is 147 Å². The average molecular weight is 341 g/mol. The normalized spacial score (nSPS) is 22.7. The van der Waals surface area contributed by atoms with Gasteiger partial charge in [-0.05, 0) is 37.0 Å². The van der Waals surface area contributed by atoms with Gasteiger partial charge in [-0.25, -0.2) is 4.98 Å². The number of imidazole rings is 1. The number of β-amino-alcohol motifs (C(OH)–C–C–N with tert-alkyl or cyclic N) is 1. The molecule has 0 saturated carbocycles. The molecule has 6 nitrogen and oxygen atoms in total. The summed E-state index contributed by atoms with van der Waals surface area (Å²) in [5.74, 6) is 1.64. The third kappa shape index (κ3) is 3.02. The van der Waals surface area contributed by atoms with Crippen molar-refractivity contribution in [1.82, 2.24) is 14.5 Å². The van der Waals surface area contributed by atoms with Gasteiger partial charge in [0.1, 0.15) is 17.3 Å². The molecule has 1 N–H and O–H groups in total. The molecule has 2 aliphatic heterocycles. The lowest BCUT2D eigenvalue weighted by molar-refractivity contribution is 0.0710. The first-order chi connectivity index (χ1) is 12.2. The lowest BCUT2D eigenvalue weighted by atomic mass is 10.0. The maximum atomic E-state index is 13.1. The van der Waals surface area contributed by atoms with Crippen molar-refractivity contribution in [3.63, 3.8) is 0 Å². The molecule has 1 fully saturated rings. The van der Waals surface area contributed by atoms with Crippen LogP contribution in [0.4, 0.5) is 0 Å². The maximum Gasteiger partial charge on any atom is 0.274 e. The zero-order valence-electron chi connectivity index (χ0n) is 14.4. The van der Waals surface area contributed by atoms with Crippen LogP contribution in [0.3, 0.4) is 0 Å². The Morgan fingerprint density at radius 3 is 3.04 bits per heavy atom. The number of amides is 1. The molecule has 1 aromatic heterocycles. The SMILES string of the molecule is COc1cccc([C@H]2C[C@H](O)CN2C(=O)c2cn3c(n2)CCCC3)c1. The molecular weight excluding hydrogens is 318 g/mol. The fourth-order valence-electron chi connectivity index (χ4n) is 3.87. The Balaban J connectivity index is 1.62. The molecule has 0 aliphatic carbocycles. The lowest BCUT2D eigenvalue weighted by Crippen LogP contribution is -2.32. The smallest absolute Gasteiger partial charge is 0.274 e. The van der Waals surface area contributed by atoms with Crippen LogP contribution in [0.15, 0.2) is 30.5 Å². The quantitative estimate of drug-likeness (QED) is 0.929. The summed E-state index contributed by atoms with van der Waals surface area (Å²) in [5, 5.41) is 10.2. The fraction of sp³-hybridized carbons (Fsp3) is 0.474. The number of aromatic nitrogens is 2. The van der Waals surface area contributed by atoms with Gasteiger partial charge in [0.25, 0.3) is 5.91 Å². The van der Waals surface area contributed by atoms with E-state index in [1.807, 2.05) is 30.5 Å². The van der Waals surface area contributed by atoms with Crippen molar-refractivity contribution in [2.75, 3.05) is 13.7 Å². The summed E-state index contributed by atoms with van der Waals surface area (Å²) in [5.41, 5.74) is 1.46. The maximum absolute atomic E-state index is 13.1. The molecule has 6 heteroatoms. The highest BCUT2D eigenvalue weighted by atomic mass is 16.5. The first-order valence-corrected chi connectivity index (χ1v) is 8.84. The number of hydrogen-bond donors (Lipinski definition) is 1. The van der Waals surface area contributed by atoms with Gasteiger partial charge in [-0.15, -0.1) is 0 Å². The highest BCUT2D eigenvalue weighted by Crippen LogP contribution is 2.34. The van der Waals surface area contributed by atoms with E-state index in [1.165, 1.54) is 0 Å². The number of nitrogens with zero attached hydrogens (tertiary/aromatic N) is 3. The molecule has 1 amide bonds. The van der Waals surface area contributed by atoms with E-state index < -0.39 is 6.10 Å². The van der Waals surface area contributed by atoms with E-state index in [1.54, 1.807) is 12.0 Å². The highest BCUT2D eigenvalue weighted by Gasteiger charge is 2.37. The molecule has 3 heterocycles. The van der Waals surface area contributed by atoms with Crippen LogP contribution < -0.4 is 4.74 Å². The van der Waals surface area contributed by atoms with Gasteiger partial charge in [-0.3, -0.25) is 4.79 Å². The van der Waals surface area contributed by atoms with Crippen LogP contribution in [-0.4, -0.2) is 45.2 Å². The van der Waals surface area contributed by atoms with Crippen LogP contribution in [0, 0.1) is 0 Å². The second-order valence-corrected chi connectivity index (χ2v) is 6.83. The van der Waals surface area contributed by atoms with Crippen molar-refractivity contribution in [2.24, 2.45) is 0 Å². The van der Waals surface area contributed by atoms with E-state index in [2.05, 4.69) is 9.55 Å². The Kier molecular flexibility index (Phi) is 4.21. The summed E-state index contributed by atoms with van der Waals surface area (Å²) in [6.07, 6.45) is 5.06. The van der Waals surface area contributed by atoms with Crippen molar-refractivity contribution in [2.45, 2.75) is 44.4 Å². The number of ether oxygens (including phenoxy) is 1. The van der Waals surface area contributed by atoms with Gasteiger partial charge in [0.2, 0.25) is 0 Å². The monoisotopic (exact) mass is 341 g/mol. The molecule has 2 atom stereocenters. The zero-order chi connectivity index (χ0) is 17.4. The number of methoxy groups -OCH3 is 1. The molecule has 132 valence electrons. The van der Waals surface area contributed by atoms with E-state index in [0.29, 0.717) is 18.7 Å². The summed E-state index contributed by atoms with van der Waals surface area (Å²) in [6, 6.07) is 7.54. The molecule has 0 radical (unpaired) electrons. The molecule has 1 aromatic carbocycles. The summed E-state index contributed by atoms with van der Waals surface area (Å²) in [6.45, 7) is 1.26. The topological polar surface area (TPSA) is 67.6 Å². The number of aliphatic hydroxyl groups excluding tert-OH is 1. The van der Waals surface area contributed by atoms with E-state index in [4.69, 9.17) is 4.74 Å². The minimum absolute atomic E-state index is 0.105. The predicted octanol–water partition coefficient (Wildman–Crippen LogP) is 2.18. The molecule has 2 aliphatic rings. The second-order valence-electron chi connectivity index (χ2n) is 6.83. The van der Waals surface area contributed by atoms with Gasteiger partial charge in [-0.1, -0.05) is 12.1 Å². The van der Waals surface area contributed by atoms with E-state index in [-0.39, 0.29) is 11.9 Å². The molecule has 0 bridgehead atoms. The van der Waals surface area contributed by atoms with Crippen LogP contribution in [0.1, 0.15) is 47.2 Å². The number of likely N-dealkylation sites (tertiary alicyclic amines) is 1. The van der Waals surface area contributed by atoms with E-state index in [9.17, 15) is 9.90 Å². The van der Waals surface area contributed by atoms with E-state index in [0.717, 1.165) is 42.9 Å². The predicted molar refractivity (Wildman–Crippen MR) is 92.6 cm³/mol.